The van der Waals surface area contributed by atoms with Crippen LogP contribution >= 0.6 is 0 Å². The number of benzene rings is 1. The molecule has 3 nitrogen and oxygen atoms in total. The minimum absolute atomic E-state index is 0.348. The molecule has 1 aromatic heterocycles. The zero-order chi connectivity index (χ0) is 13.0. The van der Waals surface area contributed by atoms with Gasteiger partial charge in [0.25, 0.3) is 0 Å². The van der Waals surface area contributed by atoms with Gasteiger partial charge in [-0.2, -0.15) is 0 Å². The van der Waals surface area contributed by atoms with Crippen LogP contribution < -0.4 is 5.32 Å². The fourth-order valence-corrected chi connectivity index (χ4v) is 2.28. The van der Waals surface area contributed by atoms with Crippen molar-refractivity contribution in [3.8, 4) is 12.3 Å². The number of hydrogen-bond acceptors (Lipinski definition) is 2. The molecule has 0 aliphatic carbocycles. The maximum atomic E-state index is 5.25. The number of terminal acetylenes is 1. The lowest BCUT2D eigenvalue weighted by atomic mass is 10.2. The van der Waals surface area contributed by atoms with Gasteiger partial charge in [-0.3, -0.25) is 0 Å². The third-order valence-corrected chi connectivity index (χ3v) is 3.09. The van der Waals surface area contributed by atoms with Crippen LogP contribution in [-0.2, 0) is 6.42 Å². The standard InChI is InChI=1S/C15H19N3/c1-4-10-16-11-12(3)18-14-9-7-6-8-13(14)17-15(18)5-2/h1,6-9,12,16H,5,10-11H2,2-3H3. The van der Waals surface area contributed by atoms with E-state index in [0.717, 1.165) is 24.3 Å². The van der Waals surface area contributed by atoms with Gasteiger partial charge in [0, 0.05) is 19.0 Å². The van der Waals surface area contributed by atoms with E-state index >= 15 is 0 Å². The van der Waals surface area contributed by atoms with Gasteiger partial charge in [0.1, 0.15) is 5.82 Å². The summed E-state index contributed by atoms with van der Waals surface area (Å²) in [6, 6.07) is 8.62. The van der Waals surface area contributed by atoms with E-state index in [1.165, 1.54) is 5.52 Å². The van der Waals surface area contributed by atoms with E-state index in [1.54, 1.807) is 0 Å². The lowest BCUT2D eigenvalue weighted by Gasteiger charge is -2.17. The summed E-state index contributed by atoms with van der Waals surface area (Å²) in [7, 11) is 0. The summed E-state index contributed by atoms with van der Waals surface area (Å²) in [5.74, 6) is 3.73. The molecule has 18 heavy (non-hydrogen) atoms. The molecule has 94 valence electrons. The number of para-hydroxylation sites is 2. The minimum Gasteiger partial charge on any atom is -0.324 e. The number of aromatic nitrogens is 2. The SMILES string of the molecule is C#CCNCC(C)n1c(CC)nc2ccccc21. The Labute approximate surface area is 108 Å². The van der Waals surface area contributed by atoms with E-state index in [1.807, 2.05) is 6.07 Å². The highest BCUT2D eigenvalue weighted by molar-refractivity contribution is 5.76. The van der Waals surface area contributed by atoms with Gasteiger partial charge >= 0.3 is 0 Å². The highest BCUT2D eigenvalue weighted by Crippen LogP contribution is 2.21. The average Bonchev–Trinajstić information content (AvgIpc) is 2.77. The second-order valence-electron chi connectivity index (χ2n) is 4.42. The Balaban J connectivity index is 2.33. The van der Waals surface area contributed by atoms with Gasteiger partial charge in [0.2, 0.25) is 0 Å². The summed E-state index contributed by atoms with van der Waals surface area (Å²) in [6.07, 6.45) is 6.19. The highest BCUT2D eigenvalue weighted by Gasteiger charge is 2.13. The molecule has 0 aliphatic rings. The molecule has 1 aromatic carbocycles. The van der Waals surface area contributed by atoms with Crippen LogP contribution in [-0.4, -0.2) is 22.6 Å². The molecule has 1 heterocycles. The van der Waals surface area contributed by atoms with Crippen LogP contribution in [0.3, 0.4) is 0 Å². The van der Waals surface area contributed by atoms with Gasteiger partial charge in [0.15, 0.2) is 0 Å². The van der Waals surface area contributed by atoms with Crippen LogP contribution in [0.4, 0.5) is 0 Å². The van der Waals surface area contributed by atoms with Gasteiger partial charge in [-0.15, -0.1) is 6.42 Å². The smallest absolute Gasteiger partial charge is 0.109 e. The molecule has 0 aliphatic heterocycles. The number of nitrogens with one attached hydrogen (secondary N) is 1. The molecule has 0 saturated heterocycles. The van der Waals surface area contributed by atoms with E-state index in [-0.39, 0.29) is 0 Å². The Morgan fingerprint density at radius 2 is 2.22 bits per heavy atom. The van der Waals surface area contributed by atoms with Crippen LogP contribution in [0.15, 0.2) is 24.3 Å². The zero-order valence-electron chi connectivity index (χ0n) is 11.0. The molecule has 0 bridgehead atoms. The number of rotatable bonds is 5. The van der Waals surface area contributed by atoms with Crippen LogP contribution in [0.5, 0.6) is 0 Å². The summed E-state index contributed by atoms with van der Waals surface area (Å²) in [5.41, 5.74) is 2.27. The Hall–Kier alpha value is -1.79. The van der Waals surface area contributed by atoms with Crippen LogP contribution in [0, 0.1) is 12.3 Å². The number of hydrogen-bond donors (Lipinski definition) is 1. The first kappa shape index (κ1) is 12.7. The molecule has 2 rings (SSSR count). The lowest BCUT2D eigenvalue weighted by Crippen LogP contribution is -2.24. The second-order valence-corrected chi connectivity index (χ2v) is 4.42. The van der Waals surface area contributed by atoms with E-state index in [9.17, 15) is 0 Å². The first-order valence-corrected chi connectivity index (χ1v) is 6.38. The first-order chi connectivity index (χ1) is 8.77. The van der Waals surface area contributed by atoms with Crippen molar-refractivity contribution in [1.29, 1.82) is 0 Å². The van der Waals surface area contributed by atoms with Gasteiger partial charge in [-0.05, 0) is 19.1 Å². The Morgan fingerprint density at radius 1 is 1.44 bits per heavy atom. The number of aryl methyl sites for hydroxylation is 1. The third kappa shape index (κ3) is 2.39. The van der Waals surface area contributed by atoms with Gasteiger partial charge in [0.05, 0.1) is 17.6 Å². The molecule has 0 spiro atoms. The van der Waals surface area contributed by atoms with E-state index in [0.29, 0.717) is 12.6 Å². The maximum Gasteiger partial charge on any atom is 0.109 e. The summed E-state index contributed by atoms with van der Waals surface area (Å²) in [5, 5.41) is 3.25. The lowest BCUT2D eigenvalue weighted by molar-refractivity contribution is 0.505. The summed E-state index contributed by atoms with van der Waals surface area (Å²) in [6.45, 7) is 5.80. The summed E-state index contributed by atoms with van der Waals surface area (Å²) >= 11 is 0. The largest absolute Gasteiger partial charge is 0.324 e. The number of nitrogens with zero attached hydrogens (tertiary/aromatic N) is 2. The fraction of sp³-hybridized carbons (Fsp3) is 0.400. The Kier molecular flexibility index (Phi) is 4.01. The van der Waals surface area contributed by atoms with E-state index < -0.39 is 0 Å². The molecule has 1 atom stereocenters. The van der Waals surface area contributed by atoms with Crippen molar-refractivity contribution in [1.82, 2.24) is 14.9 Å². The van der Waals surface area contributed by atoms with Gasteiger partial charge in [-0.25, -0.2) is 4.98 Å². The molecular formula is C15H19N3. The van der Waals surface area contributed by atoms with Crippen molar-refractivity contribution in [3.05, 3.63) is 30.1 Å². The van der Waals surface area contributed by atoms with Crippen LogP contribution in [0.2, 0.25) is 0 Å². The minimum atomic E-state index is 0.348. The van der Waals surface area contributed by atoms with E-state index in [2.05, 4.69) is 52.8 Å². The van der Waals surface area contributed by atoms with Gasteiger partial charge in [-0.1, -0.05) is 25.0 Å². The van der Waals surface area contributed by atoms with E-state index in [4.69, 9.17) is 6.42 Å². The molecule has 1 unspecified atom stereocenters. The first-order valence-electron chi connectivity index (χ1n) is 6.38. The van der Waals surface area contributed by atoms with Crippen molar-refractivity contribution in [3.63, 3.8) is 0 Å². The molecule has 1 N–H and O–H groups in total. The van der Waals surface area contributed by atoms with Crippen molar-refractivity contribution >= 4 is 11.0 Å². The predicted octanol–water partition coefficient (Wildman–Crippen LogP) is 2.38. The summed E-state index contributed by atoms with van der Waals surface area (Å²) in [4.78, 5) is 4.68. The summed E-state index contributed by atoms with van der Waals surface area (Å²) < 4.78 is 2.30. The maximum absolute atomic E-state index is 5.25. The van der Waals surface area contributed by atoms with Crippen LogP contribution in [0.25, 0.3) is 11.0 Å². The second kappa shape index (κ2) is 5.70. The topological polar surface area (TPSA) is 29.9 Å². The molecule has 0 amide bonds. The van der Waals surface area contributed by atoms with Crippen molar-refractivity contribution < 1.29 is 0 Å². The molecule has 0 radical (unpaired) electrons. The molecular weight excluding hydrogens is 222 g/mol. The highest BCUT2D eigenvalue weighted by atomic mass is 15.1. The number of imidazole rings is 1. The normalized spacial score (nSPS) is 12.5. The average molecular weight is 241 g/mol. The van der Waals surface area contributed by atoms with Gasteiger partial charge < -0.3 is 9.88 Å². The molecule has 0 fully saturated rings. The van der Waals surface area contributed by atoms with Crippen molar-refractivity contribution in [2.75, 3.05) is 13.1 Å². The Bertz CT molecular complexity index is 563. The third-order valence-electron chi connectivity index (χ3n) is 3.09. The monoisotopic (exact) mass is 241 g/mol. The fourth-order valence-electron chi connectivity index (χ4n) is 2.28. The van der Waals surface area contributed by atoms with Crippen molar-refractivity contribution in [2.24, 2.45) is 0 Å². The van der Waals surface area contributed by atoms with Crippen molar-refractivity contribution in [2.45, 2.75) is 26.3 Å². The molecule has 3 heteroatoms. The predicted molar refractivity (Wildman–Crippen MR) is 75.5 cm³/mol. The van der Waals surface area contributed by atoms with Crippen LogP contribution in [0.1, 0.15) is 25.7 Å². The molecule has 0 saturated carbocycles. The molecule has 2 aromatic rings. The Morgan fingerprint density at radius 3 is 2.94 bits per heavy atom. The zero-order valence-corrected chi connectivity index (χ0v) is 11.0. The number of fused-ring (bicyclic) bond motifs is 1. The quantitative estimate of drug-likeness (QED) is 0.643.